The summed E-state index contributed by atoms with van der Waals surface area (Å²) in [4.78, 5) is 13.8. The summed E-state index contributed by atoms with van der Waals surface area (Å²) in [5.74, 6) is 0.436. The Hall–Kier alpha value is -2.57. The van der Waals surface area contributed by atoms with Gasteiger partial charge in [0, 0.05) is 26.1 Å². The van der Waals surface area contributed by atoms with Gasteiger partial charge in [0.05, 0.1) is 5.69 Å². The maximum atomic E-state index is 13.1. The van der Waals surface area contributed by atoms with Gasteiger partial charge in [0.15, 0.2) is 5.76 Å². The molecule has 0 aliphatic rings. The molecule has 146 valence electrons. The smallest absolute Gasteiger partial charge is 0.291 e. The number of amides is 1. The number of carbonyl (C=O) groups is 1. The van der Waals surface area contributed by atoms with Crippen LogP contribution in [0.1, 0.15) is 21.7 Å². The number of furan rings is 1. The van der Waals surface area contributed by atoms with Crippen LogP contribution in [0.5, 0.6) is 0 Å². The van der Waals surface area contributed by atoms with Crippen molar-refractivity contribution in [3.05, 3.63) is 93.9 Å². The molecule has 1 heterocycles. The average Bonchev–Trinajstić information content (AvgIpc) is 3.05. The van der Waals surface area contributed by atoms with Gasteiger partial charge in [-0.2, -0.15) is 0 Å². The number of rotatable bonds is 5. The molecule has 6 heteroatoms. The van der Waals surface area contributed by atoms with E-state index in [1.807, 2.05) is 49.4 Å². The van der Waals surface area contributed by atoms with Crippen LogP contribution in [-0.2, 0) is 5.75 Å². The second-order valence-electron chi connectivity index (χ2n) is 6.56. The lowest BCUT2D eigenvalue weighted by Gasteiger charge is -2.10. The number of hydrogen-bond acceptors (Lipinski definition) is 3. The number of nitrogens with one attached hydrogen (secondary N) is 1. The van der Waals surface area contributed by atoms with Crippen LogP contribution in [0.3, 0.4) is 0 Å². The van der Waals surface area contributed by atoms with Crippen molar-refractivity contribution in [2.24, 2.45) is 0 Å². The highest BCUT2D eigenvalue weighted by molar-refractivity contribution is 9.10. The lowest BCUT2D eigenvalue weighted by atomic mass is 10.1. The van der Waals surface area contributed by atoms with Crippen LogP contribution in [0.4, 0.5) is 10.1 Å². The van der Waals surface area contributed by atoms with E-state index in [1.54, 1.807) is 23.9 Å². The molecule has 0 bridgehead atoms. The normalized spacial score (nSPS) is 11.0. The first kappa shape index (κ1) is 19.7. The molecular weight excluding hydrogens is 453 g/mol. The fourth-order valence-corrected chi connectivity index (χ4v) is 4.35. The molecule has 1 N–H and O–H groups in total. The summed E-state index contributed by atoms with van der Waals surface area (Å²) in [7, 11) is 0. The molecule has 29 heavy (non-hydrogen) atoms. The molecule has 3 aromatic carbocycles. The molecule has 4 rings (SSSR count). The number of carbonyl (C=O) groups excluding carboxylic acids is 1. The zero-order chi connectivity index (χ0) is 20.4. The SMILES string of the molecule is Cc1c(C(=O)Nc2ccccc2SCc2ccc(F)cc2)oc2ccc(Br)cc12. The summed E-state index contributed by atoms with van der Waals surface area (Å²) in [6.07, 6.45) is 0. The van der Waals surface area contributed by atoms with Crippen LogP contribution >= 0.6 is 27.7 Å². The van der Waals surface area contributed by atoms with Crippen molar-refractivity contribution in [3.63, 3.8) is 0 Å². The molecule has 3 nitrogen and oxygen atoms in total. The maximum absolute atomic E-state index is 13.1. The van der Waals surface area contributed by atoms with Gasteiger partial charge in [-0.15, -0.1) is 11.8 Å². The Morgan fingerprint density at radius 1 is 1.10 bits per heavy atom. The Labute approximate surface area is 180 Å². The lowest BCUT2D eigenvalue weighted by Crippen LogP contribution is -2.12. The van der Waals surface area contributed by atoms with Gasteiger partial charge in [-0.05, 0) is 55.0 Å². The molecule has 0 saturated carbocycles. The van der Waals surface area contributed by atoms with E-state index < -0.39 is 0 Å². The van der Waals surface area contributed by atoms with E-state index in [1.165, 1.54) is 12.1 Å². The van der Waals surface area contributed by atoms with Gasteiger partial charge in [-0.3, -0.25) is 4.79 Å². The molecule has 0 aliphatic carbocycles. The van der Waals surface area contributed by atoms with Crippen molar-refractivity contribution in [2.45, 2.75) is 17.6 Å². The van der Waals surface area contributed by atoms with E-state index in [9.17, 15) is 9.18 Å². The first-order valence-electron chi connectivity index (χ1n) is 8.97. The number of para-hydroxylation sites is 1. The molecule has 0 spiro atoms. The molecule has 0 unspecified atom stereocenters. The molecular formula is C23H17BrFNO2S. The minimum absolute atomic E-state index is 0.250. The number of fused-ring (bicyclic) bond motifs is 1. The largest absolute Gasteiger partial charge is 0.451 e. The Bertz CT molecular complexity index is 1190. The van der Waals surface area contributed by atoms with Gasteiger partial charge >= 0.3 is 0 Å². The predicted octanol–water partition coefficient (Wildman–Crippen LogP) is 7.19. The van der Waals surface area contributed by atoms with E-state index in [4.69, 9.17) is 4.42 Å². The van der Waals surface area contributed by atoms with Crippen LogP contribution in [0.15, 0.2) is 80.5 Å². The molecule has 0 aliphatic heterocycles. The van der Waals surface area contributed by atoms with Crippen molar-refractivity contribution >= 4 is 50.3 Å². The van der Waals surface area contributed by atoms with Gasteiger partial charge in [0.2, 0.25) is 0 Å². The van der Waals surface area contributed by atoms with E-state index in [-0.39, 0.29) is 11.7 Å². The van der Waals surface area contributed by atoms with Crippen LogP contribution < -0.4 is 5.32 Å². The second kappa shape index (κ2) is 8.43. The summed E-state index contributed by atoms with van der Waals surface area (Å²) < 4.78 is 19.8. The standard InChI is InChI=1S/C23H17BrFNO2S/c1-14-18-12-16(24)8-11-20(18)28-22(14)23(27)26-19-4-2-3-5-21(19)29-13-15-6-9-17(25)10-7-15/h2-12H,13H2,1H3,(H,26,27). The summed E-state index contributed by atoms with van der Waals surface area (Å²) >= 11 is 5.03. The molecule has 1 aromatic heterocycles. The van der Waals surface area contributed by atoms with Crippen LogP contribution in [0.25, 0.3) is 11.0 Å². The Morgan fingerprint density at radius 2 is 1.86 bits per heavy atom. The number of aryl methyl sites for hydroxylation is 1. The number of hydrogen-bond donors (Lipinski definition) is 1. The van der Waals surface area contributed by atoms with E-state index in [0.717, 1.165) is 25.9 Å². The lowest BCUT2D eigenvalue weighted by molar-refractivity contribution is 0.0997. The molecule has 1 amide bonds. The van der Waals surface area contributed by atoms with Crippen LogP contribution in [-0.4, -0.2) is 5.91 Å². The summed E-state index contributed by atoms with van der Waals surface area (Å²) in [5, 5.41) is 3.87. The highest BCUT2D eigenvalue weighted by Gasteiger charge is 2.19. The quantitative estimate of drug-likeness (QED) is 0.314. The Kier molecular flexibility index (Phi) is 5.74. The number of benzene rings is 3. The van der Waals surface area contributed by atoms with E-state index in [0.29, 0.717) is 22.8 Å². The monoisotopic (exact) mass is 469 g/mol. The van der Waals surface area contributed by atoms with E-state index >= 15 is 0 Å². The van der Waals surface area contributed by atoms with Crippen molar-refractivity contribution in [1.82, 2.24) is 0 Å². The van der Waals surface area contributed by atoms with Crippen molar-refractivity contribution in [2.75, 3.05) is 5.32 Å². The molecule has 0 atom stereocenters. The Balaban J connectivity index is 1.54. The van der Waals surface area contributed by atoms with Gasteiger partial charge in [-0.25, -0.2) is 4.39 Å². The fraction of sp³-hybridized carbons (Fsp3) is 0.0870. The summed E-state index contributed by atoms with van der Waals surface area (Å²) in [5.41, 5.74) is 3.20. The van der Waals surface area contributed by atoms with Gasteiger partial charge in [0.1, 0.15) is 11.4 Å². The van der Waals surface area contributed by atoms with Crippen LogP contribution in [0.2, 0.25) is 0 Å². The number of thioether (sulfide) groups is 1. The average molecular weight is 470 g/mol. The summed E-state index contributed by atoms with van der Waals surface area (Å²) in [6, 6.07) is 19.7. The Morgan fingerprint density at radius 3 is 2.66 bits per heavy atom. The first-order valence-corrected chi connectivity index (χ1v) is 10.8. The minimum atomic E-state index is -0.287. The third-order valence-electron chi connectivity index (χ3n) is 4.55. The van der Waals surface area contributed by atoms with Crippen molar-refractivity contribution in [1.29, 1.82) is 0 Å². The summed E-state index contributed by atoms with van der Waals surface area (Å²) in [6.45, 7) is 1.88. The van der Waals surface area contributed by atoms with Gasteiger partial charge < -0.3 is 9.73 Å². The molecule has 0 saturated heterocycles. The molecule has 4 aromatic rings. The molecule has 0 fully saturated rings. The first-order chi connectivity index (χ1) is 14.0. The van der Waals surface area contributed by atoms with Gasteiger partial charge in [0.25, 0.3) is 5.91 Å². The third kappa shape index (κ3) is 4.38. The fourth-order valence-electron chi connectivity index (χ4n) is 3.03. The number of halogens is 2. The third-order valence-corrected chi connectivity index (χ3v) is 6.19. The minimum Gasteiger partial charge on any atom is -0.451 e. The second-order valence-corrected chi connectivity index (χ2v) is 8.49. The van der Waals surface area contributed by atoms with Crippen molar-refractivity contribution < 1.29 is 13.6 Å². The predicted molar refractivity (Wildman–Crippen MR) is 119 cm³/mol. The van der Waals surface area contributed by atoms with Gasteiger partial charge in [-0.1, -0.05) is 40.2 Å². The highest BCUT2D eigenvalue weighted by atomic mass is 79.9. The maximum Gasteiger partial charge on any atom is 0.291 e. The highest BCUT2D eigenvalue weighted by Crippen LogP contribution is 2.32. The van der Waals surface area contributed by atoms with E-state index in [2.05, 4.69) is 21.2 Å². The van der Waals surface area contributed by atoms with Crippen LogP contribution in [0, 0.1) is 12.7 Å². The zero-order valence-electron chi connectivity index (χ0n) is 15.5. The zero-order valence-corrected chi connectivity index (χ0v) is 17.9. The van der Waals surface area contributed by atoms with Crippen molar-refractivity contribution in [3.8, 4) is 0 Å². The number of anilines is 1. The topological polar surface area (TPSA) is 42.2 Å². The molecule has 0 radical (unpaired) electrons.